The number of benzene rings is 1. The summed E-state index contributed by atoms with van der Waals surface area (Å²) in [6.07, 6.45) is 1.89. The lowest BCUT2D eigenvalue weighted by Crippen LogP contribution is -2.50. The maximum absolute atomic E-state index is 14.7. The van der Waals surface area contributed by atoms with Crippen molar-refractivity contribution >= 4 is 38.6 Å². The molecule has 0 saturated carbocycles. The molecule has 9 heteroatoms. The van der Waals surface area contributed by atoms with E-state index in [1.165, 1.54) is 17.4 Å². The average Bonchev–Trinajstić information content (AvgIpc) is 2.62. The highest BCUT2D eigenvalue weighted by Gasteiger charge is 2.39. The van der Waals surface area contributed by atoms with Crippen LogP contribution in [-0.2, 0) is 21.7 Å². The lowest BCUT2D eigenvalue weighted by atomic mass is 9.91. The molecular formula is C20H22F2N4OS2. The van der Waals surface area contributed by atoms with Crippen LogP contribution in [-0.4, -0.2) is 43.0 Å². The number of thiocarbonyl (C=S) groups is 1. The molecule has 3 rings (SSSR count). The summed E-state index contributed by atoms with van der Waals surface area (Å²) < 4.78 is 43.2. The molecule has 2 N–H and O–H groups in total. The van der Waals surface area contributed by atoms with Crippen molar-refractivity contribution in [3.05, 3.63) is 64.5 Å². The molecule has 0 aliphatic carbocycles. The molecule has 1 aromatic heterocycles. The molecule has 2 atom stereocenters. The second kappa shape index (κ2) is 7.46. The second-order valence-electron chi connectivity index (χ2n) is 7.42. The first kappa shape index (κ1) is 21.3. The van der Waals surface area contributed by atoms with E-state index in [0.29, 0.717) is 16.1 Å². The van der Waals surface area contributed by atoms with Crippen LogP contribution >= 0.6 is 12.2 Å². The lowest BCUT2D eigenvalue weighted by Gasteiger charge is -2.37. The van der Waals surface area contributed by atoms with E-state index in [1.807, 2.05) is 13.0 Å². The zero-order valence-electron chi connectivity index (χ0n) is 16.4. The third-order valence-electron chi connectivity index (χ3n) is 4.92. The number of aryl methyl sites for hydroxylation is 1. The molecule has 1 aliphatic rings. The summed E-state index contributed by atoms with van der Waals surface area (Å²) >= 11 is 5.43. The maximum atomic E-state index is 14.7. The monoisotopic (exact) mass is 436 g/mol. The Labute approximate surface area is 174 Å². The van der Waals surface area contributed by atoms with Gasteiger partial charge in [-0.2, -0.15) is 0 Å². The number of halogens is 2. The van der Waals surface area contributed by atoms with Crippen molar-refractivity contribution in [2.45, 2.75) is 25.8 Å². The molecule has 2 aromatic rings. The van der Waals surface area contributed by atoms with Gasteiger partial charge in [-0.25, -0.2) is 18.0 Å². The fourth-order valence-corrected chi connectivity index (χ4v) is 5.21. The number of hydrogen-bond donors (Lipinski definition) is 1. The molecule has 1 aromatic carbocycles. The van der Waals surface area contributed by atoms with E-state index < -0.39 is 26.9 Å². The third kappa shape index (κ3) is 4.16. The molecule has 1 aliphatic heterocycles. The molecule has 0 bridgehead atoms. The predicted molar refractivity (Wildman–Crippen MR) is 118 cm³/mol. The quantitative estimate of drug-likeness (QED) is 0.591. The van der Waals surface area contributed by atoms with E-state index in [-0.39, 0.29) is 23.7 Å². The predicted octanol–water partition coefficient (Wildman–Crippen LogP) is 2.74. The summed E-state index contributed by atoms with van der Waals surface area (Å²) in [5.74, 6) is 1.49. The Kier molecular flexibility index (Phi) is 5.48. The molecule has 0 fully saturated rings. The number of rotatable bonds is 4. The van der Waals surface area contributed by atoms with Gasteiger partial charge in [0.05, 0.1) is 21.2 Å². The number of nitrogens with zero attached hydrogens (tertiary/aromatic N) is 3. The van der Waals surface area contributed by atoms with Crippen LogP contribution in [0.1, 0.15) is 29.3 Å². The van der Waals surface area contributed by atoms with Crippen molar-refractivity contribution in [1.29, 1.82) is 0 Å². The van der Waals surface area contributed by atoms with Crippen molar-refractivity contribution in [1.82, 2.24) is 9.29 Å². The van der Waals surface area contributed by atoms with Crippen LogP contribution in [0.5, 0.6) is 0 Å². The first-order valence-electron chi connectivity index (χ1n) is 8.81. The van der Waals surface area contributed by atoms with Gasteiger partial charge in [-0.1, -0.05) is 18.3 Å². The molecule has 2 heterocycles. The Bertz CT molecular complexity index is 1110. The second-order valence-corrected chi connectivity index (χ2v) is 10.3. The number of pyridine rings is 1. The number of guanidine groups is 1. The minimum Gasteiger partial charge on any atom is -0.369 e. The Balaban J connectivity index is 2.02. The molecule has 0 amide bonds. The number of aliphatic imine (C=N–C) groups is 1. The van der Waals surface area contributed by atoms with E-state index in [2.05, 4.69) is 15.8 Å². The van der Waals surface area contributed by atoms with Crippen molar-refractivity contribution in [2.75, 3.05) is 12.8 Å². The molecule has 0 saturated heterocycles. The molecule has 29 heavy (non-hydrogen) atoms. The largest absolute Gasteiger partial charge is 0.369 e. The summed E-state index contributed by atoms with van der Waals surface area (Å²) in [5.41, 5.74) is 6.59. The summed E-state index contributed by atoms with van der Waals surface area (Å²) in [6, 6.07) is 6.27. The normalized spacial score (nSPS) is 24.3. The van der Waals surface area contributed by atoms with Crippen LogP contribution in [0, 0.1) is 18.6 Å². The standard InChI is InChI=1S/C20H22F2N4OS2/c1-12-5-6-16(24-10-12)17(28)9-13-7-14(18(22)15(21)8-13)20(2)11-29(4,27)26(3)19(23)25-20/h5-8,10H,4,9,11H2,1-3H3,(H2,23,25)/t20-,29?/m0/s1. The SMILES string of the molecule is C=S1(=O)C[C@@](C)(c2cc(CC(=S)c3ccc(C)cn3)cc(F)c2F)N=C(N)N1C. The van der Waals surface area contributed by atoms with Gasteiger partial charge in [0.25, 0.3) is 0 Å². The Morgan fingerprint density at radius 1 is 1.41 bits per heavy atom. The first-order valence-corrected chi connectivity index (χ1v) is 11.1. The Hall–Kier alpha value is -2.39. The summed E-state index contributed by atoms with van der Waals surface area (Å²) in [6.45, 7) is 3.48. The third-order valence-corrected chi connectivity index (χ3v) is 7.47. The number of aromatic nitrogens is 1. The van der Waals surface area contributed by atoms with E-state index >= 15 is 0 Å². The fourth-order valence-electron chi connectivity index (χ4n) is 3.25. The summed E-state index contributed by atoms with van der Waals surface area (Å²) in [7, 11) is -1.32. The summed E-state index contributed by atoms with van der Waals surface area (Å²) in [5, 5.41) is 0. The molecule has 0 radical (unpaired) electrons. The van der Waals surface area contributed by atoms with Gasteiger partial charge in [-0.15, -0.1) is 0 Å². The smallest absolute Gasteiger partial charge is 0.203 e. The van der Waals surface area contributed by atoms with Crippen LogP contribution in [0.3, 0.4) is 0 Å². The minimum atomic E-state index is -2.83. The van der Waals surface area contributed by atoms with Crippen molar-refractivity contribution in [3.8, 4) is 0 Å². The van der Waals surface area contributed by atoms with Gasteiger partial charge in [0.2, 0.25) is 5.96 Å². The van der Waals surface area contributed by atoms with E-state index in [9.17, 15) is 13.0 Å². The lowest BCUT2D eigenvalue weighted by molar-refractivity contribution is 0.446. The van der Waals surface area contributed by atoms with Gasteiger partial charge in [0, 0.05) is 30.1 Å². The highest BCUT2D eigenvalue weighted by atomic mass is 32.2. The number of nitrogens with two attached hydrogens (primary N) is 1. The first-order chi connectivity index (χ1) is 13.4. The van der Waals surface area contributed by atoms with E-state index in [4.69, 9.17) is 18.0 Å². The zero-order chi connectivity index (χ0) is 21.6. The minimum absolute atomic E-state index is 0.0282. The van der Waals surface area contributed by atoms with Crippen LogP contribution in [0.4, 0.5) is 8.78 Å². The van der Waals surface area contributed by atoms with Crippen LogP contribution < -0.4 is 5.73 Å². The Morgan fingerprint density at radius 3 is 2.69 bits per heavy atom. The van der Waals surface area contributed by atoms with Gasteiger partial charge >= 0.3 is 0 Å². The Morgan fingerprint density at radius 2 is 2.10 bits per heavy atom. The molecule has 5 nitrogen and oxygen atoms in total. The molecule has 154 valence electrons. The van der Waals surface area contributed by atoms with Gasteiger partial charge < -0.3 is 5.73 Å². The van der Waals surface area contributed by atoms with E-state index in [1.54, 1.807) is 19.2 Å². The molecule has 1 unspecified atom stereocenters. The highest BCUT2D eigenvalue weighted by Crippen LogP contribution is 2.35. The van der Waals surface area contributed by atoms with Gasteiger partial charge in [-0.3, -0.25) is 9.29 Å². The van der Waals surface area contributed by atoms with Gasteiger partial charge in [0.1, 0.15) is 5.54 Å². The molecular weight excluding hydrogens is 414 g/mol. The zero-order valence-corrected chi connectivity index (χ0v) is 18.0. The topological polar surface area (TPSA) is 71.6 Å². The van der Waals surface area contributed by atoms with Gasteiger partial charge in [-0.05, 0) is 49.0 Å². The molecule has 0 spiro atoms. The maximum Gasteiger partial charge on any atom is 0.203 e. The summed E-state index contributed by atoms with van der Waals surface area (Å²) in [4.78, 5) is 9.08. The van der Waals surface area contributed by atoms with Crippen molar-refractivity contribution < 1.29 is 13.0 Å². The van der Waals surface area contributed by atoms with E-state index in [0.717, 1.165) is 11.6 Å². The van der Waals surface area contributed by atoms with Crippen molar-refractivity contribution in [3.63, 3.8) is 0 Å². The van der Waals surface area contributed by atoms with Crippen molar-refractivity contribution in [2.24, 2.45) is 10.7 Å². The van der Waals surface area contributed by atoms with Crippen LogP contribution in [0.15, 0.2) is 35.5 Å². The van der Waals surface area contributed by atoms with Crippen LogP contribution in [0.25, 0.3) is 0 Å². The number of hydrogen-bond acceptors (Lipinski definition) is 5. The average molecular weight is 437 g/mol. The van der Waals surface area contributed by atoms with Crippen LogP contribution in [0.2, 0.25) is 0 Å². The van der Waals surface area contributed by atoms with Gasteiger partial charge in [0.15, 0.2) is 11.6 Å². The fraction of sp³-hybridized carbons (Fsp3) is 0.300. The highest BCUT2D eigenvalue weighted by molar-refractivity contribution is 7.98.